The molecule has 1 aliphatic heterocycles. The van der Waals surface area contributed by atoms with Crippen LogP contribution in [0.15, 0.2) is 12.0 Å². The third-order valence-corrected chi connectivity index (χ3v) is 2.04. The fraction of sp³-hybridized carbons (Fsp3) is 0.667. The van der Waals surface area contributed by atoms with Crippen molar-refractivity contribution in [2.45, 2.75) is 26.1 Å². The number of ether oxygens (including phenoxy) is 2. The topological polar surface area (TPSA) is 76.0 Å². The molecule has 5 nitrogen and oxygen atoms in total. The lowest BCUT2D eigenvalue weighted by molar-refractivity contribution is -0.138. The molecule has 2 unspecified atom stereocenters. The fourth-order valence-electron chi connectivity index (χ4n) is 1.16. The van der Waals surface area contributed by atoms with Gasteiger partial charge in [-0.15, -0.1) is 0 Å². The van der Waals surface area contributed by atoms with Crippen LogP contribution < -0.4 is 0 Å². The summed E-state index contributed by atoms with van der Waals surface area (Å²) in [4.78, 5) is 10.3. The van der Waals surface area contributed by atoms with Crippen molar-refractivity contribution < 1.29 is 24.5 Å². The standard InChI is InChI=1S/C9H14O5/c1-6(2-3-8(11)12)9-13-5-7(4-10)14-9/h5-6,9-10H,2-4H2,1H3,(H,11,12). The summed E-state index contributed by atoms with van der Waals surface area (Å²) in [7, 11) is 0. The van der Waals surface area contributed by atoms with E-state index >= 15 is 0 Å². The lowest BCUT2D eigenvalue weighted by atomic mass is 10.1. The van der Waals surface area contributed by atoms with E-state index in [1.165, 1.54) is 6.26 Å². The first-order valence-electron chi connectivity index (χ1n) is 4.47. The lowest BCUT2D eigenvalue weighted by Gasteiger charge is -2.18. The monoisotopic (exact) mass is 202 g/mol. The molecule has 0 amide bonds. The summed E-state index contributed by atoms with van der Waals surface area (Å²) in [5, 5.41) is 17.2. The van der Waals surface area contributed by atoms with E-state index < -0.39 is 12.3 Å². The van der Waals surface area contributed by atoms with Crippen LogP contribution in [0.1, 0.15) is 19.8 Å². The van der Waals surface area contributed by atoms with Gasteiger partial charge in [-0.05, 0) is 6.42 Å². The molecule has 0 bridgehead atoms. The van der Waals surface area contributed by atoms with Crippen LogP contribution in [0, 0.1) is 5.92 Å². The van der Waals surface area contributed by atoms with Crippen LogP contribution in [0.4, 0.5) is 0 Å². The molecule has 0 spiro atoms. The highest BCUT2D eigenvalue weighted by atomic mass is 16.7. The number of carbonyl (C=O) groups is 1. The highest BCUT2D eigenvalue weighted by molar-refractivity contribution is 5.66. The zero-order valence-corrected chi connectivity index (χ0v) is 7.97. The van der Waals surface area contributed by atoms with Crippen molar-refractivity contribution in [3.05, 3.63) is 12.0 Å². The van der Waals surface area contributed by atoms with Crippen molar-refractivity contribution in [3.63, 3.8) is 0 Å². The van der Waals surface area contributed by atoms with Crippen molar-refractivity contribution in [2.75, 3.05) is 6.61 Å². The quantitative estimate of drug-likeness (QED) is 0.686. The summed E-state index contributed by atoms with van der Waals surface area (Å²) < 4.78 is 10.3. The Labute approximate surface area is 81.9 Å². The number of hydrogen-bond acceptors (Lipinski definition) is 4. The van der Waals surface area contributed by atoms with Crippen molar-refractivity contribution in [2.24, 2.45) is 5.92 Å². The maximum Gasteiger partial charge on any atom is 0.303 e. The maximum absolute atomic E-state index is 10.3. The first-order valence-corrected chi connectivity index (χ1v) is 4.47. The number of aliphatic hydroxyl groups is 1. The van der Waals surface area contributed by atoms with Gasteiger partial charge in [-0.1, -0.05) is 6.92 Å². The van der Waals surface area contributed by atoms with Gasteiger partial charge >= 0.3 is 5.97 Å². The summed E-state index contributed by atoms with van der Waals surface area (Å²) in [6.07, 6.45) is 1.49. The van der Waals surface area contributed by atoms with Gasteiger partial charge in [0.25, 0.3) is 0 Å². The minimum Gasteiger partial charge on any atom is -0.481 e. The average Bonchev–Trinajstić information content (AvgIpc) is 2.62. The second kappa shape index (κ2) is 4.85. The summed E-state index contributed by atoms with van der Waals surface area (Å²) >= 11 is 0. The van der Waals surface area contributed by atoms with Gasteiger partial charge < -0.3 is 19.7 Å². The molecule has 0 aromatic heterocycles. The van der Waals surface area contributed by atoms with E-state index in [-0.39, 0.29) is 18.9 Å². The third-order valence-electron chi connectivity index (χ3n) is 2.04. The lowest BCUT2D eigenvalue weighted by Crippen LogP contribution is -2.20. The van der Waals surface area contributed by atoms with Crippen LogP contribution in [0.5, 0.6) is 0 Å². The molecule has 0 aromatic carbocycles. The molecule has 0 aromatic rings. The van der Waals surface area contributed by atoms with Gasteiger partial charge in [0, 0.05) is 12.3 Å². The molecule has 80 valence electrons. The highest BCUT2D eigenvalue weighted by Gasteiger charge is 2.25. The minimum absolute atomic E-state index is 0.00796. The number of aliphatic hydroxyl groups excluding tert-OH is 1. The molecule has 2 atom stereocenters. The Morgan fingerprint density at radius 1 is 1.71 bits per heavy atom. The number of carboxylic acid groups (broad SMARTS) is 1. The third kappa shape index (κ3) is 2.92. The van der Waals surface area contributed by atoms with E-state index in [1.807, 2.05) is 6.92 Å². The van der Waals surface area contributed by atoms with E-state index in [2.05, 4.69) is 0 Å². The molecule has 0 radical (unpaired) electrons. The zero-order valence-electron chi connectivity index (χ0n) is 7.97. The van der Waals surface area contributed by atoms with Crippen molar-refractivity contribution in [3.8, 4) is 0 Å². The van der Waals surface area contributed by atoms with E-state index in [0.717, 1.165) is 0 Å². The van der Waals surface area contributed by atoms with Gasteiger partial charge in [0.05, 0.1) is 0 Å². The second-order valence-electron chi connectivity index (χ2n) is 3.27. The Morgan fingerprint density at radius 2 is 2.43 bits per heavy atom. The van der Waals surface area contributed by atoms with E-state index in [4.69, 9.17) is 19.7 Å². The molecule has 5 heteroatoms. The number of rotatable bonds is 5. The summed E-state index contributed by atoms with van der Waals surface area (Å²) in [5.74, 6) is -0.450. The summed E-state index contributed by atoms with van der Waals surface area (Å²) in [6.45, 7) is 1.66. The van der Waals surface area contributed by atoms with Crippen LogP contribution in [-0.2, 0) is 14.3 Å². The molecule has 1 rings (SSSR count). The maximum atomic E-state index is 10.3. The SMILES string of the molecule is CC(CCC(=O)O)C1OC=C(CO)O1. The first kappa shape index (κ1) is 10.8. The Morgan fingerprint density at radius 3 is 2.93 bits per heavy atom. The molecule has 0 saturated carbocycles. The fourth-order valence-corrected chi connectivity index (χ4v) is 1.16. The largest absolute Gasteiger partial charge is 0.481 e. The van der Waals surface area contributed by atoms with Gasteiger partial charge in [0.15, 0.2) is 5.76 Å². The Balaban J connectivity index is 2.27. The van der Waals surface area contributed by atoms with E-state index in [0.29, 0.717) is 12.2 Å². The van der Waals surface area contributed by atoms with E-state index in [9.17, 15) is 4.79 Å². The predicted octanol–water partition coefficient (Wildman–Crippen LogP) is 0.694. The average molecular weight is 202 g/mol. The van der Waals surface area contributed by atoms with Crippen LogP contribution in [-0.4, -0.2) is 29.1 Å². The van der Waals surface area contributed by atoms with Crippen LogP contribution >= 0.6 is 0 Å². The molecular weight excluding hydrogens is 188 g/mol. The van der Waals surface area contributed by atoms with Crippen LogP contribution in [0.25, 0.3) is 0 Å². The van der Waals surface area contributed by atoms with Gasteiger partial charge in [-0.25, -0.2) is 0 Å². The Bertz CT molecular complexity index is 235. The molecule has 0 fully saturated rings. The normalized spacial score (nSPS) is 22.1. The second-order valence-corrected chi connectivity index (χ2v) is 3.27. The van der Waals surface area contributed by atoms with Gasteiger partial charge in [0.2, 0.25) is 6.29 Å². The van der Waals surface area contributed by atoms with Gasteiger partial charge in [0.1, 0.15) is 12.9 Å². The first-order chi connectivity index (χ1) is 6.63. The predicted molar refractivity (Wildman–Crippen MR) is 47.2 cm³/mol. The minimum atomic E-state index is -0.829. The molecule has 0 saturated heterocycles. The number of aliphatic carboxylic acids is 1. The molecule has 14 heavy (non-hydrogen) atoms. The van der Waals surface area contributed by atoms with Gasteiger partial charge in [-0.2, -0.15) is 0 Å². The summed E-state index contributed by atoms with van der Waals surface area (Å²) in [6, 6.07) is 0. The smallest absolute Gasteiger partial charge is 0.303 e. The van der Waals surface area contributed by atoms with Gasteiger partial charge in [-0.3, -0.25) is 4.79 Å². The van der Waals surface area contributed by atoms with E-state index in [1.54, 1.807) is 0 Å². The Kier molecular flexibility index (Phi) is 3.76. The Hall–Kier alpha value is -1.23. The van der Waals surface area contributed by atoms with Crippen molar-refractivity contribution >= 4 is 5.97 Å². The van der Waals surface area contributed by atoms with Crippen LogP contribution in [0.3, 0.4) is 0 Å². The molecule has 2 N–H and O–H groups in total. The van der Waals surface area contributed by atoms with Crippen LogP contribution in [0.2, 0.25) is 0 Å². The van der Waals surface area contributed by atoms with Crippen molar-refractivity contribution in [1.29, 1.82) is 0 Å². The molecule has 1 heterocycles. The molecule has 1 aliphatic rings. The molecule has 0 aliphatic carbocycles. The summed E-state index contributed by atoms with van der Waals surface area (Å²) in [5.41, 5.74) is 0. The highest BCUT2D eigenvalue weighted by Crippen LogP contribution is 2.23. The van der Waals surface area contributed by atoms with Crippen molar-refractivity contribution in [1.82, 2.24) is 0 Å². The zero-order chi connectivity index (χ0) is 10.6. The number of carboxylic acids is 1. The number of hydrogen-bond donors (Lipinski definition) is 2. The molecular formula is C9H14O5.